The van der Waals surface area contributed by atoms with E-state index >= 15 is 0 Å². The normalized spacial score (nSPS) is 19.3. The number of hydrogen-bond acceptors (Lipinski definition) is 5. The molecule has 2 atom stereocenters. The average Bonchev–Trinajstić information content (AvgIpc) is 3.10. The summed E-state index contributed by atoms with van der Waals surface area (Å²) in [5.74, 6) is 0.491. The fourth-order valence-electron chi connectivity index (χ4n) is 3.54. The molecule has 0 spiro atoms. The van der Waals surface area contributed by atoms with Crippen molar-refractivity contribution >= 4 is 28.5 Å². The zero-order valence-corrected chi connectivity index (χ0v) is 16.7. The second-order valence-electron chi connectivity index (χ2n) is 7.02. The lowest BCUT2D eigenvalue weighted by Crippen LogP contribution is -2.48. The number of methoxy groups -OCH3 is 1. The van der Waals surface area contributed by atoms with E-state index in [2.05, 4.69) is 10.3 Å². The fraction of sp³-hybridized carbons (Fsp3) is 0.333. The van der Waals surface area contributed by atoms with Crippen LogP contribution < -0.4 is 10.1 Å². The quantitative estimate of drug-likeness (QED) is 0.669. The van der Waals surface area contributed by atoms with Gasteiger partial charge in [0.1, 0.15) is 11.3 Å². The molecule has 0 radical (unpaired) electrons. The number of rotatable bonds is 5. The van der Waals surface area contributed by atoms with Gasteiger partial charge in [-0.15, -0.1) is 0 Å². The highest BCUT2D eigenvalue weighted by atomic mass is 35.5. The zero-order chi connectivity index (χ0) is 20.4. The van der Waals surface area contributed by atoms with Crippen molar-refractivity contribution in [1.29, 1.82) is 0 Å². The van der Waals surface area contributed by atoms with E-state index in [1.165, 1.54) is 0 Å². The molecule has 2 aromatic heterocycles. The number of fused-ring (bicyclic) bond motifs is 1. The van der Waals surface area contributed by atoms with Crippen LogP contribution in [0.25, 0.3) is 11.0 Å². The number of ether oxygens (including phenoxy) is 2. The van der Waals surface area contributed by atoms with Crippen LogP contribution in [0.5, 0.6) is 5.75 Å². The van der Waals surface area contributed by atoms with Crippen LogP contribution in [-0.4, -0.2) is 53.0 Å². The maximum Gasteiger partial charge on any atom is 0.255 e. The fourth-order valence-corrected chi connectivity index (χ4v) is 3.79. The summed E-state index contributed by atoms with van der Waals surface area (Å²) in [6.07, 6.45) is 3.18. The maximum atomic E-state index is 13.0. The van der Waals surface area contributed by atoms with E-state index in [4.69, 9.17) is 21.1 Å². The van der Waals surface area contributed by atoms with E-state index in [0.29, 0.717) is 41.2 Å². The van der Waals surface area contributed by atoms with Crippen molar-refractivity contribution in [3.05, 3.63) is 58.9 Å². The first-order valence-corrected chi connectivity index (χ1v) is 9.77. The summed E-state index contributed by atoms with van der Waals surface area (Å²) in [6, 6.07) is 9.07. The number of halogens is 1. The van der Waals surface area contributed by atoms with Gasteiger partial charge in [0.25, 0.3) is 5.91 Å². The summed E-state index contributed by atoms with van der Waals surface area (Å²) in [4.78, 5) is 17.3. The predicted molar refractivity (Wildman–Crippen MR) is 110 cm³/mol. The number of carbonyl (C=O) groups excluding carboxylic acids is 1. The maximum absolute atomic E-state index is 13.0. The van der Waals surface area contributed by atoms with Gasteiger partial charge in [0, 0.05) is 25.5 Å². The van der Waals surface area contributed by atoms with E-state index in [9.17, 15) is 9.90 Å². The Morgan fingerprint density at radius 1 is 1.38 bits per heavy atom. The zero-order valence-electron chi connectivity index (χ0n) is 16.0. The van der Waals surface area contributed by atoms with Gasteiger partial charge in [0.05, 0.1) is 42.0 Å². The molecule has 3 heterocycles. The molecule has 0 bridgehead atoms. The van der Waals surface area contributed by atoms with E-state index in [1.807, 2.05) is 28.8 Å². The topological polar surface area (TPSA) is 85.6 Å². The minimum Gasteiger partial charge on any atom is -0.497 e. The molecule has 8 heteroatoms. The average molecular weight is 416 g/mol. The highest BCUT2D eigenvalue weighted by molar-refractivity contribution is 6.35. The number of pyridine rings is 1. The van der Waals surface area contributed by atoms with E-state index in [0.717, 1.165) is 11.3 Å². The largest absolute Gasteiger partial charge is 0.497 e. The molecule has 3 aromatic rings. The van der Waals surface area contributed by atoms with Crippen molar-refractivity contribution in [3.63, 3.8) is 0 Å². The van der Waals surface area contributed by atoms with Crippen molar-refractivity contribution in [2.45, 2.75) is 25.1 Å². The van der Waals surface area contributed by atoms with Gasteiger partial charge in [-0.25, -0.2) is 0 Å². The Morgan fingerprint density at radius 3 is 2.90 bits per heavy atom. The Morgan fingerprint density at radius 2 is 2.17 bits per heavy atom. The van der Waals surface area contributed by atoms with Crippen LogP contribution in [0, 0.1) is 0 Å². The van der Waals surface area contributed by atoms with Crippen LogP contribution >= 0.6 is 11.6 Å². The molecule has 1 aromatic carbocycles. The molecule has 29 heavy (non-hydrogen) atoms. The van der Waals surface area contributed by atoms with Crippen molar-refractivity contribution < 1.29 is 19.4 Å². The van der Waals surface area contributed by atoms with Crippen LogP contribution in [0.4, 0.5) is 0 Å². The van der Waals surface area contributed by atoms with Crippen molar-refractivity contribution in [2.75, 3.05) is 20.3 Å². The summed E-state index contributed by atoms with van der Waals surface area (Å²) in [7, 11) is 1.63. The predicted octanol–water partition coefficient (Wildman–Crippen LogP) is 2.63. The summed E-state index contributed by atoms with van der Waals surface area (Å²) in [5.41, 5.74) is 2.69. The second-order valence-corrected chi connectivity index (χ2v) is 7.43. The van der Waals surface area contributed by atoms with Crippen LogP contribution in [0.2, 0.25) is 5.02 Å². The molecule has 7 nitrogen and oxygen atoms in total. The molecule has 2 N–H and O–H groups in total. The van der Waals surface area contributed by atoms with Gasteiger partial charge in [0.15, 0.2) is 0 Å². The monoisotopic (exact) mass is 415 g/mol. The minimum atomic E-state index is -0.725. The first kappa shape index (κ1) is 19.7. The number of aromatic nitrogens is 2. The van der Waals surface area contributed by atoms with E-state index in [-0.39, 0.29) is 18.6 Å². The van der Waals surface area contributed by atoms with Gasteiger partial charge >= 0.3 is 0 Å². The third-order valence-corrected chi connectivity index (χ3v) is 5.41. The summed E-state index contributed by atoms with van der Waals surface area (Å²) >= 11 is 6.44. The Bertz CT molecular complexity index is 1020. The lowest BCUT2D eigenvalue weighted by atomic mass is 10.1. The third kappa shape index (κ3) is 4.07. The Balaban J connectivity index is 1.66. The van der Waals surface area contributed by atoms with Gasteiger partial charge in [-0.3, -0.25) is 9.78 Å². The molecular weight excluding hydrogens is 394 g/mol. The third-order valence-electron chi connectivity index (χ3n) is 5.10. The second kappa shape index (κ2) is 8.41. The number of benzene rings is 1. The number of nitrogens with zero attached hydrogens (tertiary/aromatic N) is 2. The molecule has 152 valence electrons. The molecular formula is C21H22ClN3O4. The molecule has 1 fully saturated rings. The smallest absolute Gasteiger partial charge is 0.255 e. The number of hydrogen-bond donors (Lipinski definition) is 2. The number of aliphatic hydroxyl groups is 1. The lowest BCUT2D eigenvalue weighted by molar-refractivity contribution is -0.0260. The van der Waals surface area contributed by atoms with Crippen molar-refractivity contribution in [2.24, 2.45) is 0 Å². The summed E-state index contributed by atoms with van der Waals surface area (Å²) in [6.45, 7) is 1.25. The number of carbonyl (C=O) groups is 1. The van der Waals surface area contributed by atoms with Crippen LogP contribution in [0.15, 0.2) is 42.7 Å². The number of amides is 1. The number of aliphatic hydroxyl groups excluding tert-OH is 1. The molecule has 1 amide bonds. The van der Waals surface area contributed by atoms with Crippen molar-refractivity contribution in [1.82, 2.24) is 14.9 Å². The van der Waals surface area contributed by atoms with Crippen LogP contribution in [0.3, 0.4) is 0 Å². The lowest BCUT2D eigenvalue weighted by Gasteiger charge is -2.28. The van der Waals surface area contributed by atoms with Gasteiger partial charge in [-0.05, 0) is 30.2 Å². The summed E-state index contributed by atoms with van der Waals surface area (Å²) < 4.78 is 12.4. The van der Waals surface area contributed by atoms with Crippen LogP contribution in [-0.2, 0) is 11.3 Å². The molecule has 0 aliphatic carbocycles. The molecule has 4 rings (SSSR count). The van der Waals surface area contributed by atoms with E-state index in [1.54, 1.807) is 25.6 Å². The van der Waals surface area contributed by atoms with Gasteiger partial charge in [-0.2, -0.15) is 0 Å². The molecule has 1 unspecified atom stereocenters. The Kier molecular flexibility index (Phi) is 5.71. The Hall–Kier alpha value is -2.61. The highest BCUT2D eigenvalue weighted by Gasteiger charge is 2.27. The Labute approximate surface area is 173 Å². The highest BCUT2D eigenvalue weighted by Crippen LogP contribution is 2.27. The molecule has 1 aliphatic heterocycles. The first-order chi connectivity index (χ1) is 14.1. The van der Waals surface area contributed by atoms with Gasteiger partial charge < -0.3 is 24.5 Å². The molecule has 1 saturated heterocycles. The minimum absolute atomic E-state index is 0.217. The van der Waals surface area contributed by atoms with E-state index < -0.39 is 6.10 Å². The number of nitrogens with one attached hydrogen (secondary N) is 1. The molecule has 0 saturated carbocycles. The van der Waals surface area contributed by atoms with Crippen LogP contribution in [0.1, 0.15) is 22.3 Å². The standard InChI is InChI=1S/C21H22ClN3O4/c1-28-14-4-2-13(3-5-14)10-25-11-15(19-20(25)16(22)6-8-23-19)21(27)24-17-7-9-29-12-18(17)26/h2-6,8,11,17-18,26H,7,9-10,12H2,1H3,(H,24,27)/t17?,18-/m0/s1. The summed E-state index contributed by atoms with van der Waals surface area (Å²) in [5, 5.41) is 13.5. The van der Waals surface area contributed by atoms with Crippen molar-refractivity contribution in [3.8, 4) is 5.75 Å². The first-order valence-electron chi connectivity index (χ1n) is 9.39. The molecule has 1 aliphatic rings. The van der Waals surface area contributed by atoms with Gasteiger partial charge in [-0.1, -0.05) is 23.7 Å². The van der Waals surface area contributed by atoms with Gasteiger partial charge in [0.2, 0.25) is 0 Å². The SMILES string of the molecule is COc1ccc(Cn2cc(C(=O)NC3CCOC[C@@H]3O)c3nccc(Cl)c32)cc1.